The third-order valence-electron chi connectivity index (χ3n) is 4.72. The molecule has 1 N–H and O–H groups in total. The van der Waals surface area contributed by atoms with E-state index in [9.17, 15) is 4.79 Å². The Morgan fingerprint density at radius 2 is 2.04 bits per heavy atom. The van der Waals surface area contributed by atoms with Crippen LogP contribution in [0.1, 0.15) is 38.2 Å². The maximum Gasteiger partial charge on any atom is 0.261 e. The van der Waals surface area contributed by atoms with Crippen LogP contribution in [0.3, 0.4) is 0 Å². The third-order valence-corrected chi connectivity index (χ3v) is 4.72. The Hall–Kier alpha value is -1.55. The van der Waals surface area contributed by atoms with E-state index in [1.165, 1.54) is 25.9 Å². The van der Waals surface area contributed by atoms with Crippen LogP contribution in [0.25, 0.3) is 0 Å². The zero-order valence-corrected chi connectivity index (χ0v) is 14.7. The molecule has 0 bridgehead atoms. The largest absolute Gasteiger partial charge is 0.480 e. The van der Waals surface area contributed by atoms with Gasteiger partial charge in [0.05, 0.1) is 0 Å². The molecule has 1 fully saturated rings. The number of benzene rings is 1. The quantitative estimate of drug-likeness (QED) is 0.840. The van der Waals surface area contributed by atoms with Crippen LogP contribution in [0.4, 0.5) is 0 Å². The van der Waals surface area contributed by atoms with Crippen LogP contribution < -0.4 is 10.1 Å². The number of rotatable bonds is 7. The van der Waals surface area contributed by atoms with Crippen molar-refractivity contribution in [3.05, 3.63) is 29.8 Å². The first kappa shape index (κ1) is 17.8. The van der Waals surface area contributed by atoms with E-state index >= 15 is 0 Å². The predicted molar refractivity (Wildman–Crippen MR) is 93.7 cm³/mol. The molecule has 0 aliphatic carbocycles. The second-order valence-electron chi connectivity index (χ2n) is 6.61. The number of carbonyl (C=O) groups excluding carboxylic acids is 1. The molecule has 1 aromatic carbocycles. The van der Waals surface area contributed by atoms with Gasteiger partial charge in [0.1, 0.15) is 5.75 Å². The lowest BCUT2D eigenvalue weighted by molar-refractivity contribution is -0.128. The number of piperidine rings is 1. The fourth-order valence-electron chi connectivity index (χ4n) is 3.03. The van der Waals surface area contributed by atoms with Crippen molar-refractivity contribution >= 4 is 5.91 Å². The van der Waals surface area contributed by atoms with Gasteiger partial charge in [0.25, 0.3) is 5.91 Å². The van der Waals surface area contributed by atoms with E-state index in [4.69, 9.17) is 4.74 Å². The molecule has 128 valence electrons. The van der Waals surface area contributed by atoms with Gasteiger partial charge < -0.3 is 15.0 Å². The third kappa shape index (κ3) is 5.54. The standard InChI is InChI=1S/C19H30N2O2/c1-4-17(23-18-8-6-5-7-15(18)2)19(22)20-12-9-16-10-13-21(3)14-11-16/h5-8,16-17H,4,9-14H2,1-3H3,(H,20,22)/t17-/m0/s1. The lowest BCUT2D eigenvalue weighted by Gasteiger charge is -2.29. The highest BCUT2D eigenvalue weighted by atomic mass is 16.5. The van der Waals surface area contributed by atoms with Gasteiger partial charge in [0.15, 0.2) is 6.10 Å². The molecular formula is C19H30N2O2. The van der Waals surface area contributed by atoms with Crippen LogP contribution in [0, 0.1) is 12.8 Å². The van der Waals surface area contributed by atoms with Crippen LogP contribution >= 0.6 is 0 Å². The summed E-state index contributed by atoms with van der Waals surface area (Å²) in [6.07, 6.45) is 3.81. The predicted octanol–water partition coefficient (Wildman–Crippen LogP) is 3.00. The van der Waals surface area contributed by atoms with Crippen LogP contribution in [0.5, 0.6) is 5.75 Å². The number of aryl methyl sites for hydroxylation is 1. The summed E-state index contributed by atoms with van der Waals surface area (Å²) in [7, 11) is 2.17. The Morgan fingerprint density at radius 1 is 1.35 bits per heavy atom. The smallest absolute Gasteiger partial charge is 0.261 e. The van der Waals surface area contributed by atoms with Crippen molar-refractivity contribution < 1.29 is 9.53 Å². The summed E-state index contributed by atoms with van der Waals surface area (Å²) in [5.74, 6) is 1.54. The molecule has 1 atom stereocenters. The number of nitrogens with one attached hydrogen (secondary N) is 1. The molecule has 1 amide bonds. The summed E-state index contributed by atoms with van der Waals surface area (Å²) < 4.78 is 5.89. The fourth-order valence-corrected chi connectivity index (χ4v) is 3.03. The number of hydrogen-bond acceptors (Lipinski definition) is 3. The van der Waals surface area contributed by atoms with Crippen molar-refractivity contribution in [2.75, 3.05) is 26.7 Å². The van der Waals surface area contributed by atoms with Crippen LogP contribution in [0.15, 0.2) is 24.3 Å². The zero-order chi connectivity index (χ0) is 16.7. The molecule has 1 saturated heterocycles. The highest BCUT2D eigenvalue weighted by molar-refractivity contribution is 5.81. The van der Waals surface area contributed by atoms with E-state index in [0.717, 1.165) is 30.2 Å². The van der Waals surface area contributed by atoms with E-state index in [2.05, 4.69) is 17.3 Å². The van der Waals surface area contributed by atoms with Crippen molar-refractivity contribution in [2.45, 2.75) is 45.6 Å². The Balaban J connectivity index is 1.75. The second kappa shape index (κ2) is 8.92. The summed E-state index contributed by atoms with van der Waals surface area (Å²) in [6, 6.07) is 7.84. The fraction of sp³-hybridized carbons (Fsp3) is 0.632. The van der Waals surface area contributed by atoms with Gasteiger partial charge in [-0.1, -0.05) is 25.1 Å². The first-order valence-corrected chi connectivity index (χ1v) is 8.78. The first-order valence-electron chi connectivity index (χ1n) is 8.78. The lowest BCUT2D eigenvalue weighted by atomic mass is 9.94. The number of hydrogen-bond donors (Lipinski definition) is 1. The summed E-state index contributed by atoms with van der Waals surface area (Å²) in [4.78, 5) is 14.7. The summed E-state index contributed by atoms with van der Waals surface area (Å²) in [5, 5.41) is 3.05. The van der Waals surface area contributed by atoms with Crippen molar-refractivity contribution in [3.8, 4) is 5.75 Å². The summed E-state index contributed by atoms with van der Waals surface area (Å²) in [6.45, 7) is 7.08. The van der Waals surface area contributed by atoms with E-state index < -0.39 is 6.10 Å². The molecule has 1 aliphatic heterocycles. The number of nitrogens with zero attached hydrogens (tertiary/aromatic N) is 1. The summed E-state index contributed by atoms with van der Waals surface area (Å²) >= 11 is 0. The minimum Gasteiger partial charge on any atom is -0.480 e. The average molecular weight is 318 g/mol. The maximum atomic E-state index is 12.3. The molecule has 0 spiro atoms. The molecule has 1 aromatic rings. The molecule has 2 rings (SSSR count). The van der Waals surface area contributed by atoms with E-state index in [-0.39, 0.29) is 5.91 Å². The van der Waals surface area contributed by atoms with Gasteiger partial charge in [-0.3, -0.25) is 4.79 Å². The highest BCUT2D eigenvalue weighted by Gasteiger charge is 2.20. The number of para-hydroxylation sites is 1. The molecule has 1 heterocycles. The SMILES string of the molecule is CC[C@H](Oc1ccccc1C)C(=O)NCCC1CCN(C)CC1. The molecule has 0 radical (unpaired) electrons. The number of likely N-dealkylation sites (tertiary alicyclic amines) is 1. The molecular weight excluding hydrogens is 288 g/mol. The van der Waals surface area contributed by atoms with Crippen LogP contribution in [-0.4, -0.2) is 43.6 Å². The van der Waals surface area contributed by atoms with Gasteiger partial charge in [-0.15, -0.1) is 0 Å². The van der Waals surface area contributed by atoms with Crippen LogP contribution in [-0.2, 0) is 4.79 Å². The second-order valence-corrected chi connectivity index (χ2v) is 6.61. The van der Waals surface area contributed by atoms with Gasteiger partial charge in [-0.05, 0) is 70.3 Å². The Kier molecular flexibility index (Phi) is 6.90. The van der Waals surface area contributed by atoms with Crippen molar-refractivity contribution in [1.82, 2.24) is 10.2 Å². The molecule has 4 nitrogen and oxygen atoms in total. The Morgan fingerprint density at radius 3 is 2.70 bits per heavy atom. The normalized spacial score (nSPS) is 17.7. The molecule has 4 heteroatoms. The van der Waals surface area contributed by atoms with Crippen molar-refractivity contribution in [2.24, 2.45) is 5.92 Å². The van der Waals surface area contributed by atoms with Gasteiger partial charge >= 0.3 is 0 Å². The van der Waals surface area contributed by atoms with E-state index in [1.54, 1.807) is 0 Å². The minimum atomic E-state index is -0.409. The maximum absolute atomic E-state index is 12.3. The average Bonchev–Trinajstić information content (AvgIpc) is 2.56. The Labute approximate surface area is 140 Å². The lowest BCUT2D eigenvalue weighted by Crippen LogP contribution is -2.39. The zero-order valence-electron chi connectivity index (χ0n) is 14.7. The van der Waals surface area contributed by atoms with Gasteiger partial charge in [-0.25, -0.2) is 0 Å². The summed E-state index contributed by atoms with van der Waals surface area (Å²) in [5.41, 5.74) is 1.06. The molecule has 0 unspecified atom stereocenters. The van der Waals surface area contributed by atoms with Crippen LogP contribution in [0.2, 0.25) is 0 Å². The van der Waals surface area contributed by atoms with Gasteiger partial charge in [0.2, 0.25) is 0 Å². The minimum absolute atomic E-state index is 0.00341. The highest BCUT2D eigenvalue weighted by Crippen LogP contribution is 2.20. The Bertz CT molecular complexity index is 496. The van der Waals surface area contributed by atoms with Crippen molar-refractivity contribution in [3.63, 3.8) is 0 Å². The molecule has 0 aromatic heterocycles. The number of amides is 1. The molecule has 0 saturated carbocycles. The van der Waals surface area contributed by atoms with Crippen molar-refractivity contribution in [1.29, 1.82) is 0 Å². The first-order chi connectivity index (χ1) is 11.1. The van der Waals surface area contributed by atoms with E-state index in [1.807, 2.05) is 38.1 Å². The molecule has 1 aliphatic rings. The molecule has 23 heavy (non-hydrogen) atoms. The topological polar surface area (TPSA) is 41.6 Å². The van der Waals surface area contributed by atoms with Gasteiger partial charge in [0, 0.05) is 6.54 Å². The van der Waals surface area contributed by atoms with Gasteiger partial charge in [-0.2, -0.15) is 0 Å². The monoisotopic (exact) mass is 318 g/mol. The van der Waals surface area contributed by atoms with E-state index in [0.29, 0.717) is 6.42 Å². The number of carbonyl (C=O) groups is 1. The number of ether oxygens (including phenoxy) is 1.